The Morgan fingerprint density at radius 3 is 2.92 bits per heavy atom. The number of nitrogens with two attached hydrogens (primary N) is 1. The van der Waals surface area contributed by atoms with Gasteiger partial charge in [0.25, 0.3) is 0 Å². The highest BCUT2D eigenvalue weighted by Crippen LogP contribution is 2.21. The lowest BCUT2D eigenvalue weighted by molar-refractivity contribution is -0.116. The van der Waals surface area contributed by atoms with E-state index in [-0.39, 0.29) is 5.91 Å². The van der Waals surface area contributed by atoms with Crippen LogP contribution in [0.25, 0.3) is 0 Å². The lowest BCUT2D eigenvalue weighted by Gasteiger charge is -2.10. The van der Waals surface area contributed by atoms with E-state index in [4.69, 9.17) is 10.5 Å². The molecule has 0 unspecified atom stereocenters. The molecule has 0 bridgehead atoms. The summed E-state index contributed by atoms with van der Waals surface area (Å²) in [7, 11) is 0. The number of nitrogens with one attached hydrogen (secondary N) is 1. The van der Waals surface area contributed by atoms with Gasteiger partial charge in [-0.2, -0.15) is 0 Å². The molecule has 2 aromatic rings. The van der Waals surface area contributed by atoms with Crippen molar-refractivity contribution in [1.82, 2.24) is 10.2 Å². The van der Waals surface area contributed by atoms with Gasteiger partial charge in [-0.15, -0.1) is 10.2 Å². The van der Waals surface area contributed by atoms with Gasteiger partial charge in [-0.05, 0) is 50.4 Å². The summed E-state index contributed by atoms with van der Waals surface area (Å²) in [4.78, 5) is 11.6. The average Bonchev–Trinajstić information content (AvgIpc) is 3.00. The maximum absolute atomic E-state index is 11.6. The maximum Gasteiger partial charge on any atom is 0.226 e. The summed E-state index contributed by atoms with van der Waals surface area (Å²) in [6, 6.07) is 6.07. The van der Waals surface area contributed by atoms with E-state index in [2.05, 4.69) is 35.4 Å². The Hall–Kier alpha value is -1.99. The van der Waals surface area contributed by atoms with E-state index in [0.29, 0.717) is 31.1 Å². The predicted octanol–water partition coefficient (Wildman–Crippen LogP) is 2.84. The SMILES string of the molecule is Cc1cccc(OCCCc2nnc(NC(=O)CCCN)s2)c1C. The minimum atomic E-state index is -0.0681. The quantitative estimate of drug-likeness (QED) is 0.680. The molecule has 0 aliphatic carbocycles. The van der Waals surface area contributed by atoms with Crippen molar-refractivity contribution in [3.05, 3.63) is 34.3 Å². The number of hydrogen-bond acceptors (Lipinski definition) is 6. The number of rotatable bonds is 9. The number of carbonyl (C=O) groups is 1. The van der Waals surface area contributed by atoms with Gasteiger partial charge in [0.1, 0.15) is 10.8 Å². The van der Waals surface area contributed by atoms with E-state index in [1.165, 1.54) is 22.5 Å². The third-order valence-corrected chi connectivity index (χ3v) is 4.57. The highest BCUT2D eigenvalue weighted by Gasteiger charge is 2.08. The molecule has 7 heteroatoms. The number of aryl methyl sites for hydroxylation is 2. The molecule has 0 spiro atoms. The summed E-state index contributed by atoms with van der Waals surface area (Å²) in [5.41, 5.74) is 7.79. The zero-order valence-electron chi connectivity index (χ0n) is 14.2. The molecule has 1 heterocycles. The number of ether oxygens (including phenoxy) is 1. The molecular formula is C17H24N4O2S. The largest absolute Gasteiger partial charge is 0.493 e. The molecular weight excluding hydrogens is 324 g/mol. The second-order valence-electron chi connectivity index (χ2n) is 5.59. The van der Waals surface area contributed by atoms with Crippen LogP contribution in [0.5, 0.6) is 5.75 Å². The average molecular weight is 348 g/mol. The fourth-order valence-corrected chi connectivity index (χ4v) is 2.93. The van der Waals surface area contributed by atoms with Crippen LogP contribution < -0.4 is 15.8 Å². The third-order valence-electron chi connectivity index (χ3n) is 3.67. The highest BCUT2D eigenvalue weighted by atomic mass is 32.1. The Morgan fingerprint density at radius 1 is 1.29 bits per heavy atom. The van der Waals surface area contributed by atoms with Crippen LogP contribution in [0.4, 0.5) is 5.13 Å². The second kappa shape index (κ2) is 9.34. The fourth-order valence-electron chi connectivity index (χ4n) is 2.14. The van der Waals surface area contributed by atoms with Crippen molar-refractivity contribution in [3.63, 3.8) is 0 Å². The molecule has 1 amide bonds. The summed E-state index contributed by atoms with van der Waals surface area (Å²) in [5.74, 6) is 0.863. The van der Waals surface area contributed by atoms with Gasteiger partial charge < -0.3 is 15.8 Å². The third kappa shape index (κ3) is 5.58. The van der Waals surface area contributed by atoms with E-state index in [1.54, 1.807) is 0 Å². The van der Waals surface area contributed by atoms with Gasteiger partial charge in [0.2, 0.25) is 11.0 Å². The minimum absolute atomic E-state index is 0.0681. The van der Waals surface area contributed by atoms with Crippen molar-refractivity contribution in [2.45, 2.75) is 39.5 Å². The molecule has 0 radical (unpaired) electrons. The molecule has 0 atom stereocenters. The molecule has 0 aliphatic heterocycles. The zero-order valence-corrected chi connectivity index (χ0v) is 15.0. The molecule has 0 fully saturated rings. The van der Waals surface area contributed by atoms with Crippen LogP contribution in [-0.2, 0) is 11.2 Å². The number of nitrogens with zero attached hydrogens (tertiary/aromatic N) is 2. The van der Waals surface area contributed by atoms with Gasteiger partial charge in [0.15, 0.2) is 0 Å². The zero-order chi connectivity index (χ0) is 17.4. The first kappa shape index (κ1) is 18.4. The smallest absolute Gasteiger partial charge is 0.226 e. The minimum Gasteiger partial charge on any atom is -0.493 e. The van der Waals surface area contributed by atoms with E-state index >= 15 is 0 Å². The first-order valence-electron chi connectivity index (χ1n) is 8.11. The molecule has 2 rings (SSSR count). The van der Waals surface area contributed by atoms with Crippen molar-refractivity contribution < 1.29 is 9.53 Å². The summed E-state index contributed by atoms with van der Waals surface area (Å²) >= 11 is 1.41. The van der Waals surface area contributed by atoms with Crippen LogP contribution in [0.15, 0.2) is 18.2 Å². The Labute approximate surface area is 146 Å². The normalized spacial score (nSPS) is 10.6. The van der Waals surface area contributed by atoms with E-state index in [0.717, 1.165) is 23.6 Å². The molecule has 3 N–H and O–H groups in total. The van der Waals surface area contributed by atoms with Crippen LogP contribution in [0.2, 0.25) is 0 Å². The van der Waals surface area contributed by atoms with Crippen molar-refractivity contribution in [1.29, 1.82) is 0 Å². The molecule has 130 valence electrons. The van der Waals surface area contributed by atoms with Gasteiger partial charge in [-0.3, -0.25) is 4.79 Å². The van der Waals surface area contributed by atoms with Crippen LogP contribution in [0.3, 0.4) is 0 Å². The van der Waals surface area contributed by atoms with Gasteiger partial charge in [-0.1, -0.05) is 23.5 Å². The van der Waals surface area contributed by atoms with Gasteiger partial charge >= 0.3 is 0 Å². The molecule has 1 aromatic carbocycles. The Kier molecular flexibility index (Phi) is 7.14. The number of carbonyl (C=O) groups excluding carboxylic acids is 1. The first-order valence-corrected chi connectivity index (χ1v) is 8.93. The molecule has 0 saturated carbocycles. The highest BCUT2D eigenvalue weighted by molar-refractivity contribution is 7.15. The standard InChI is InChI=1S/C17H24N4O2S/c1-12-6-3-7-14(13(12)2)23-11-5-9-16-20-21-17(24-16)19-15(22)8-4-10-18/h3,6-7H,4-5,8-11,18H2,1-2H3,(H,19,21,22). The lowest BCUT2D eigenvalue weighted by Crippen LogP contribution is -2.13. The number of amides is 1. The van der Waals surface area contributed by atoms with E-state index in [9.17, 15) is 4.79 Å². The van der Waals surface area contributed by atoms with Crippen molar-refractivity contribution >= 4 is 22.4 Å². The van der Waals surface area contributed by atoms with Crippen LogP contribution in [0, 0.1) is 13.8 Å². The summed E-state index contributed by atoms with van der Waals surface area (Å²) in [5, 5.41) is 12.3. The van der Waals surface area contributed by atoms with Crippen LogP contribution in [-0.4, -0.2) is 29.3 Å². The number of hydrogen-bond donors (Lipinski definition) is 2. The Bertz CT molecular complexity index is 672. The van der Waals surface area contributed by atoms with Gasteiger partial charge in [0.05, 0.1) is 6.61 Å². The summed E-state index contributed by atoms with van der Waals surface area (Å²) < 4.78 is 5.83. The molecule has 24 heavy (non-hydrogen) atoms. The van der Waals surface area contributed by atoms with Crippen molar-refractivity contribution in [2.24, 2.45) is 5.73 Å². The summed E-state index contributed by atoms with van der Waals surface area (Å²) in [6.45, 7) is 5.28. The molecule has 0 saturated heterocycles. The van der Waals surface area contributed by atoms with E-state index in [1.807, 2.05) is 12.1 Å². The van der Waals surface area contributed by atoms with E-state index < -0.39 is 0 Å². The van der Waals surface area contributed by atoms with Crippen LogP contribution in [0.1, 0.15) is 35.4 Å². The van der Waals surface area contributed by atoms with Crippen molar-refractivity contribution in [2.75, 3.05) is 18.5 Å². The van der Waals surface area contributed by atoms with Crippen molar-refractivity contribution in [3.8, 4) is 5.75 Å². The number of aromatic nitrogens is 2. The Morgan fingerprint density at radius 2 is 2.12 bits per heavy atom. The topological polar surface area (TPSA) is 90.1 Å². The Balaban J connectivity index is 1.73. The monoisotopic (exact) mass is 348 g/mol. The summed E-state index contributed by atoms with van der Waals surface area (Å²) in [6.07, 6.45) is 2.71. The predicted molar refractivity (Wildman–Crippen MR) is 96.6 cm³/mol. The lowest BCUT2D eigenvalue weighted by atomic mass is 10.1. The molecule has 6 nitrogen and oxygen atoms in total. The number of benzene rings is 1. The maximum atomic E-state index is 11.6. The first-order chi connectivity index (χ1) is 11.6. The molecule has 0 aliphatic rings. The number of anilines is 1. The molecule has 1 aromatic heterocycles. The van der Waals surface area contributed by atoms with Gasteiger partial charge in [0, 0.05) is 12.8 Å². The van der Waals surface area contributed by atoms with Crippen LogP contribution >= 0.6 is 11.3 Å². The fraction of sp³-hybridized carbons (Fsp3) is 0.471. The van der Waals surface area contributed by atoms with Gasteiger partial charge in [-0.25, -0.2) is 0 Å². The second-order valence-corrected chi connectivity index (χ2v) is 6.65.